The number of hydrogen-bond donors (Lipinski definition) is 0. The minimum Gasteiger partial charge on any atom is -0.368 e. The molecule has 0 aromatic carbocycles. The zero-order valence-corrected chi connectivity index (χ0v) is 6.34. The molecule has 0 radical (unpaired) electrons. The molecule has 0 heterocycles. The van der Waals surface area contributed by atoms with Crippen LogP contribution in [0.15, 0.2) is 12.2 Å². The van der Waals surface area contributed by atoms with Crippen LogP contribution in [-0.4, -0.2) is 18.9 Å². The van der Waals surface area contributed by atoms with E-state index in [9.17, 15) is 13.2 Å². The Balaban J connectivity index is 1.74. The second-order valence-electron chi connectivity index (χ2n) is 3.30. The first-order valence-corrected chi connectivity index (χ1v) is 3.93. The maximum atomic E-state index is 11.7. The van der Waals surface area contributed by atoms with E-state index in [0.717, 1.165) is 6.42 Å². The maximum absolute atomic E-state index is 11.7. The van der Waals surface area contributed by atoms with E-state index >= 15 is 0 Å². The molecule has 2 unspecified atom stereocenters. The molecule has 2 rings (SSSR count). The Kier molecular flexibility index (Phi) is 1.68. The summed E-state index contributed by atoms with van der Waals surface area (Å²) in [5.74, 6) is 0.611. The van der Waals surface area contributed by atoms with Gasteiger partial charge in [0, 0.05) is 5.92 Å². The fourth-order valence-electron chi connectivity index (χ4n) is 1.73. The molecular weight excluding hydrogens is 169 g/mol. The number of ether oxygens (including phenoxy) is 1. The molecule has 4 heteroatoms. The summed E-state index contributed by atoms with van der Waals surface area (Å²) in [6, 6.07) is 0. The molecule has 2 aliphatic rings. The van der Waals surface area contributed by atoms with Crippen molar-refractivity contribution >= 4 is 0 Å². The van der Waals surface area contributed by atoms with Gasteiger partial charge >= 0.3 is 6.18 Å². The van der Waals surface area contributed by atoms with E-state index in [0.29, 0.717) is 5.92 Å². The highest BCUT2D eigenvalue weighted by atomic mass is 19.4. The number of halogens is 3. The molecule has 0 aromatic rings. The highest BCUT2D eigenvalue weighted by Crippen LogP contribution is 2.50. The zero-order valence-electron chi connectivity index (χ0n) is 6.34. The van der Waals surface area contributed by atoms with Gasteiger partial charge in [-0.1, -0.05) is 12.2 Å². The molecule has 0 aliphatic heterocycles. The minimum atomic E-state index is -4.18. The van der Waals surface area contributed by atoms with Gasteiger partial charge in [0.1, 0.15) is 6.61 Å². The topological polar surface area (TPSA) is 9.23 Å². The van der Waals surface area contributed by atoms with Crippen LogP contribution in [-0.2, 0) is 4.74 Å². The zero-order chi connectivity index (χ0) is 8.77. The third-order valence-corrected chi connectivity index (χ3v) is 2.36. The summed E-state index contributed by atoms with van der Waals surface area (Å²) in [5, 5.41) is 0. The lowest BCUT2D eigenvalue weighted by molar-refractivity contribution is -0.178. The summed E-state index contributed by atoms with van der Waals surface area (Å²) in [5.41, 5.74) is 0. The van der Waals surface area contributed by atoms with E-state index in [4.69, 9.17) is 4.74 Å². The monoisotopic (exact) mass is 178 g/mol. The Hall–Kier alpha value is -0.510. The molecule has 0 amide bonds. The first-order valence-electron chi connectivity index (χ1n) is 3.93. The van der Waals surface area contributed by atoms with E-state index in [1.54, 1.807) is 0 Å². The summed E-state index contributed by atoms with van der Waals surface area (Å²) in [4.78, 5) is 0. The van der Waals surface area contributed by atoms with Crippen molar-refractivity contribution < 1.29 is 17.9 Å². The Labute approximate surface area is 68.2 Å². The van der Waals surface area contributed by atoms with E-state index in [1.165, 1.54) is 0 Å². The molecule has 1 fully saturated rings. The molecule has 68 valence electrons. The van der Waals surface area contributed by atoms with E-state index in [2.05, 4.69) is 0 Å². The van der Waals surface area contributed by atoms with Crippen LogP contribution in [0, 0.1) is 11.8 Å². The third-order valence-electron chi connectivity index (χ3n) is 2.36. The van der Waals surface area contributed by atoms with Crippen LogP contribution < -0.4 is 0 Å². The second-order valence-corrected chi connectivity index (χ2v) is 3.30. The molecule has 3 atom stereocenters. The normalized spacial score (nSPS) is 38.4. The first-order chi connectivity index (χ1) is 5.58. The Morgan fingerprint density at radius 3 is 2.67 bits per heavy atom. The van der Waals surface area contributed by atoms with Gasteiger partial charge < -0.3 is 4.74 Å². The number of allylic oxidation sites excluding steroid dienone is 1. The van der Waals surface area contributed by atoms with Crippen molar-refractivity contribution in [1.29, 1.82) is 0 Å². The molecule has 12 heavy (non-hydrogen) atoms. The summed E-state index contributed by atoms with van der Waals surface area (Å²) in [7, 11) is 0. The number of hydrogen-bond acceptors (Lipinski definition) is 1. The van der Waals surface area contributed by atoms with Crippen molar-refractivity contribution in [2.24, 2.45) is 11.8 Å². The molecule has 1 nitrogen and oxygen atoms in total. The molecule has 2 aliphatic carbocycles. The molecule has 0 bridgehead atoms. The second kappa shape index (κ2) is 2.49. The molecule has 0 N–H and O–H groups in total. The summed E-state index contributed by atoms with van der Waals surface area (Å²) in [6.07, 6.45) is 0.499. The van der Waals surface area contributed by atoms with Crippen molar-refractivity contribution in [3.63, 3.8) is 0 Å². The van der Waals surface area contributed by atoms with Crippen LogP contribution in [0.25, 0.3) is 0 Å². The quantitative estimate of drug-likeness (QED) is 0.588. The van der Waals surface area contributed by atoms with Crippen molar-refractivity contribution in [2.75, 3.05) is 6.61 Å². The van der Waals surface area contributed by atoms with Crippen LogP contribution in [0.3, 0.4) is 0 Å². The lowest BCUT2D eigenvalue weighted by Gasteiger charge is -2.07. The lowest BCUT2D eigenvalue weighted by atomic mass is 10.3. The van der Waals surface area contributed by atoms with Gasteiger partial charge in [0.25, 0.3) is 0 Å². The number of alkyl halides is 3. The van der Waals surface area contributed by atoms with Crippen LogP contribution >= 0.6 is 0 Å². The molecule has 0 spiro atoms. The van der Waals surface area contributed by atoms with Crippen LogP contribution in [0.1, 0.15) is 6.42 Å². The van der Waals surface area contributed by atoms with Gasteiger partial charge in [-0.3, -0.25) is 0 Å². The number of rotatable bonds is 2. The van der Waals surface area contributed by atoms with Gasteiger partial charge in [0.2, 0.25) is 0 Å². The number of fused-ring (bicyclic) bond motifs is 1. The van der Waals surface area contributed by atoms with E-state index < -0.39 is 12.8 Å². The van der Waals surface area contributed by atoms with Crippen molar-refractivity contribution in [1.82, 2.24) is 0 Å². The highest BCUT2D eigenvalue weighted by Gasteiger charge is 2.52. The molecule has 0 aromatic heterocycles. The van der Waals surface area contributed by atoms with Gasteiger partial charge in [0.15, 0.2) is 0 Å². The standard InChI is InChI=1S/C8H9F3O/c9-8(10,11)4-12-7-5-2-1-3-6(5)7/h1-2,5-7H,3-4H2/t5?,6?,7-/m0/s1. The molecule has 0 saturated heterocycles. The fraction of sp³-hybridized carbons (Fsp3) is 0.750. The minimum absolute atomic E-state index is 0.156. The van der Waals surface area contributed by atoms with Crippen LogP contribution in [0.2, 0.25) is 0 Å². The summed E-state index contributed by atoms with van der Waals surface area (Å²) in [6.45, 7) is -1.10. The van der Waals surface area contributed by atoms with Crippen molar-refractivity contribution in [2.45, 2.75) is 18.7 Å². The SMILES string of the molecule is FC(F)(F)CO[C@H]1C2C=CCC21. The smallest absolute Gasteiger partial charge is 0.368 e. The largest absolute Gasteiger partial charge is 0.411 e. The Morgan fingerprint density at radius 2 is 2.17 bits per heavy atom. The Bertz CT molecular complexity index is 209. The van der Waals surface area contributed by atoms with Crippen LogP contribution in [0.4, 0.5) is 13.2 Å². The van der Waals surface area contributed by atoms with Gasteiger partial charge in [-0.2, -0.15) is 13.2 Å². The Morgan fingerprint density at radius 1 is 1.42 bits per heavy atom. The third kappa shape index (κ3) is 1.48. The van der Waals surface area contributed by atoms with E-state index in [-0.39, 0.29) is 12.0 Å². The van der Waals surface area contributed by atoms with Gasteiger partial charge in [-0.25, -0.2) is 0 Å². The molecular formula is C8H9F3O. The molecule has 1 saturated carbocycles. The van der Waals surface area contributed by atoms with Crippen molar-refractivity contribution in [3.05, 3.63) is 12.2 Å². The summed E-state index contributed by atoms with van der Waals surface area (Å²) >= 11 is 0. The fourth-order valence-corrected chi connectivity index (χ4v) is 1.73. The van der Waals surface area contributed by atoms with Crippen molar-refractivity contribution in [3.8, 4) is 0 Å². The van der Waals surface area contributed by atoms with Gasteiger partial charge in [0.05, 0.1) is 6.10 Å². The average Bonchev–Trinajstić information content (AvgIpc) is 2.41. The summed E-state index contributed by atoms with van der Waals surface area (Å²) < 4.78 is 39.7. The predicted molar refractivity (Wildman–Crippen MR) is 36.5 cm³/mol. The van der Waals surface area contributed by atoms with Crippen LogP contribution in [0.5, 0.6) is 0 Å². The van der Waals surface area contributed by atoms with Gasteiger partial charge in [-0.15, -0.1) is 0 Å². The lowest BCUT2D eigenvalue weighted by Crippen LogP contribution is -2.18. The predicted octanol–water partition coefficient (Wildman–Crippen LogP) is 2.14. The first kappa shape index (κ1) is 8.10. The van der Waals surface area contributed by atoms with E-state index in [1.807, 2.05) is 12.2 Å². The van der Waals surface area contributed by atoms with Gasteiger partial charge in [-0.05, 0) is 12.3 Å². The average molecular weight is 178 g/mol. The highest BCUT2D eigenvalue weighted by molar-refractivity contribution is 5.18. The maximum Gasteiger partial charge on any atom is 0.411 e.